The molecule has 4 aromatic rings. The van der Waals surface area contributed by atoms with Gasteiger partial charge in [0.15, 0.2) is 11.6 Å². The number of nitrogens with zero attached hydrogens (tertiary/aromatic N) is 1. The predicted octanol–water partition coefficient (Wildman–Crippen LogP) is 5.77. The molecule has 4 aromatic carbocycles. The zero-order chi connectivity index (χ0) is 23.5. The van der Waals surface area contributed by atoms with E-state index in [4.69, 9.17) is 0 Å². The van der Waals surface area contributed by atoms with Crippen molar-refractivity contribution in [2.24, 2.45) is 5.92 Å². The highest BCUT2D eigenvalue weighted by atomic mass is 16.2. The Hall–Kier alpha value is -4.31. The van der Waals surface area contributed by atoms with E-state index in [0.717, 1.165) is 5.56 Å². The van der Waals surface area contributed by atoms with Gasteiger partial charge in [-0.05, 0) is 17.2 Å². The van der Waals surface area contributed by atoms with Gasteiger partial charge in [-0.15, -0.1) is 0 Å². The molecule has 166 valence electrons. The molecular formula is C30H23NO3. The first-order valence-corrected chi connectivity index (χ1v) is 11.3. The maximum absolute atomic E-state index is 13.9. The summed E-state index contributed by atoms with van der Waals surface area (Å²) in [5.41, 5.74) is 3.09. The third-order valence-corrected chi connectivity index (χ3v) is 6.30. The van der Waals surface area contributed by atoms with Gasteiger partial charge in [0.1, 0.15) is 5.92 Å². The summed E-state index contributed by atoms with van der Waals surface area (Å²) in [6.45, 7) is 0.305. The van der Waals surface area contributed by atoms with Crippen LogP contribution < -0.4 is 0 Å². The molecule has 0 bridgehead atoms. The van der Waals surface area contributed by atoms with Crippen molar-refractivity contribution in [3.8, 4) is 0 Å². The molecule has 0 aromatic heterocycles. The Bertz CT molecular complexity index is 1280. The molecule has 1 aliphatic rings. The third-order valence-electron chi connectivity index (χ3n) is 6.30. The fraction of sp³-hybridized carbons (Fsp3) is 0.100. The minimum Gasteiger partial charge on any atom is -0.326 e. The maximum Gasteiger partial charge on any atom is 0.255 e. The van der Waals surface area contributed by atoms with Crippen molar-refractivity contribution in [3.63, 3.8) is 0 Å². The Kier molecular flexibility index (Phi) is 5.88. The molecule has 5 rings (SSSR count). The summed E-state index contributed by atoms with van der Waals surface area (Å²) in [4.78, 5) is 43.0. The quantitative estimate of drug-likeness (QED) is 0.268. The van der Waals surface area contributed by atoms with E-state index >= 15 is 0 Å². The summed E-state index contributed by atoms with van der Waals surface area (Å²) in [6, 6.07) is 33.9. The number of benzene rings is 4. The first-order valence-electron chi connectivity index (χ1n) is 11.3. The molecule has 4 heteroatoms. The van der Waals surface area contributed by atoms with Gasteiger partial charge in [0.05, 0.1) is 6.04 Å². The lowest BCUT2D eigenvalue weighted by Gasteiger charge is -2.31. The minimum absolute atomic E-state index is 0.170. The van der Waals surface area contributed by atoms with Gasteiger partial charge in [0.25, 0.3) is 5.91 Å². The van der Waals surface area contributed by atoms with Gasteiger partial charge in [-0.1, -0.05) is 109 Å². The van der Waals surface area contributed by atoms with Crippen LogP contribution in [0.3, 0.4) is 0 Å². The van der Waals surface area contributed by atoms with E-state index in [1.165, 1.54) is 0 Å². The number of carbonyl (C=O) groups is 3. The lowest BCUT2D eigenvalue weighted by molar-refractivity contribution is 0.0573. The summed E-state index contributed by atoms with van der Waals surface area (Å²) in [7, 11) is 0. The summed E-state index contributed by atoms with van der Waals surface area (Å²) >= 11 is 0. The lowest BCUT2D eigenvalue weighted by atomic mass is 9.81. The summed E-state index contributed by atoms with van der Waals surface area (Å²) in [5.74, 6) is -1.82. The first-order chi connectivity index (χ1) is 16.6. The zero-order valence-corrected chi connectivity index (χ0v) is 18.5. The van der Waals surface area contributed by atoms with Crippen molar-refractivity contribution in [2.75, 3.05) is 0 Å². The first kappa shape index (κ1) is 21.5. The molecule has 0 spiro atoms. The molecule has 0 N–H and O–H groups in total. The minimum atomic E-state index is -1.07. The van der Waals surface area contributed by atoms with Crippen molar-refractivity contribution < 1.29 is 14.4 Å². The molecule has 1 heterocycles. The second-order valence-electron chi connectivity index (χ2n) is 8.39. The lowest BCUT2D eigenvalue weighted by Crippen LogP contribution is -2.39. The van der Waals surface area contributed by atoms with E-state index in [0.29, 0.717) is 28.8 Å². The average Bonchev–Trinajstić information content (AvgIpc) is 3.17. The Morgan fingerprint density at radius 3 is 1.68 bits per heavy atom. The van der Waals surface area contributed by atoms with Crippen LogP contribution >= 0.6 is 0 Å². The second kappa shape index (κ2) is 9.28. The number of hydrogen-bond donors (Lipinski definition) is 0. The number of ketones is 2. The van der Waals surface area contributed by atoms with Gasteiger partial charge >= 0.3 is 0 Å². The summed E-state index contributed by atoms with van der Waals surface area (Å²) < 4.78 is 0. The zero-order valence-electron chi connectivity index (χ0n) is 18.5. The van der Waals surface area contributed by atoms with Gasteiger partial charge in [-0.3, -0.25) is 14.4 Å². The van der Waals surface area contributed by atoms with E-state index < -0.39 is 12.0 Å². The monoisotopic (exact) mass is 445 g/mol. The summed E-state index contributed by atoms with van der Waals surface area (Å²) in [5, 5.41) is 0. The van der Waals surface area contributed by atoms with Crippen LogP contribution in [-0.2, 0) is 6.54 Å². The molecule has 0 radical (unpaired) electrons. The van der Waals surface area contributed by atoms with Crippen LogP contribution in [0.5, 0.6) is 0 Å². The number of Topliss-reactive ketones (excluding diaryl/α,β-unsaturated/α-hetero) is 2. The van der Waals surface area contributed by atoms with E-state index in [9.17, 15) is 14.4 Å². The number of hydrogen-bond acceptors (Lipinski definition) is 3. The molecule has 1 amide bonds. The highest BCUT2D eigenvalue weighted by Crippen LogP contribution is 2.42. The van der Waals surface area contributed by atoms with E-state index in [1.807, 2.05) is 60.7 Å². The average molecular weight is 446 g/mol. The van der Waals surface area contributed by atoms with Crippen LogP contribution in [0.15, 0.2) is 115 Å². The Balaban J connectivity index is 1.66. The van der Waals surface area contributed by atoms with Crippen LogP contribution in [0.4, 0.5) is 0 Å². The fourth-order valence-corrected chi connectivity index (χ4v) is 4.68. The number of carbonyl (C=O) groups excluding carboxylic acids is 3. The molecule has 0 saturated carbocycles. The SMILES string of the molecule is O=C(c1ccccc1)C(C(=O)c1ccccc1)C1c2ccccc2C(=O)N1Cc1ccccc1. The molecule has 0 aliphatic carbocycles. The van der Waals surface area contributed by atoms with Crippen LogP contribution in [0.2, 0.25) is 0 Å². The van der Waals surface area contributed by atoms with Gasteiger partial charge < -0.3 is 4.90 Å². The molecule has 34 heavy (non-hydrogen) atoms. The largest absolute Gasteiger partial charge is 0.326 e. The second-order valence-corrected chi connectivity index (χ2v) is 8.39. The van der Waals surface area contributed by atoms with Crippen LogP contribution in [0.1, 0.15) is 48.2 Å². The molecule has 1 aliphatic heterocycles. The number of rotatable bonds is 7. The maximum atomic E-state index is 13.9. The van der Waals surface area contributed by atoms with Gasteiger partial charge in [-0.25, -0.2) is 0 Å². The Morgan fingerprint density at radius 1 is 0.647 bits per heavy atom. The molecular weight excluding hydrogens is 422 g/mol. The van der Waals surface area contributed by atoms with Crippen LogP contribution in [-0.4, -0.2) is 22.4 Å². The van der Waals surface area contributed by atoms with Crippen LogP contribution in [0, 0.1) is 5.92 Å². The summed E-state index contributed by atoms with van der Waals surface area (Å²) in [6.07, 6.45) is 0. The van der Waals surface area contributed by atoms with Gasteiger partial charge in [0, 0.05) is 23.2 Å². The molecule has 1 atom stereocenters. The highest BCUT2D eigenvalue weighted by Gasteiger charge is 2.47. The molecule has 0 fully saturated rings. The van der Waals surface area contributed by atoms with Gasteiger partial charge in [-0.2, -0.15) is 0 Å². The Morgan fingerprint density at radius 2 is 1.12 bits per heavy atom. The topological polar surface area (TPSA) is 54.5 Å². The molecule has 1 unspecified atom stereocenters. The van der Waals surface area contributed by atoms with E-state index in [2.05, 4.69) is 0 Å². The fourth-order valence-electron chi connectivity index (χ4n) is 4.68. The van der Waals surface area contributed by atoms with Crippen molar-refractivity contribution in [2.45, 2.75) is 12.6 Å². The molecule has 0 saturated heterocycles. The Labute approximate surface area is 198 Å². The standard InChI is InChI=1S/C30H23NO3/c32-28(22-14-6-2-7-15-22)26(29(33)23-16-8-3-9-17-23)27-24-18-10-11-19-25(24)30(34)31(27)20-21-12-4-1-5-13-21/h1-19,26-27H,20H2. The third kappa shape index (κ3) is 3.95. The predicted molar refractivity (Wildman–Crippen MR) is 131 cm³/mol. The van der Waals surface area contributed by atoms with E-state index in [-0.39, 0.29) is 17.5 Å². The molecule has 4 nitrogen and oxygen atoms in total. The van der Waals surface area contributed by atoms with Crippen molar-refractivity contribution >= 4 is 17.5 Å². The number of amides is 1. The highest BCUT2D eigenvalue weighted by molar-refractivity contribution is 6.17. The van der Waals surface area contributed by atoms with Crippen molar-refractivity contribution in [3.05, 3.63) is 143 Å². The normalized spacial score (nSPS) is 14.8. The van der Waals surface area contributed by atoms with Crippen molar-refractivity contribution in [1.29, 1.82) is 0 Å². The number of fused-ring (bicyclic) bond motifs is 1. The van der Waals surface area contributed by atoms with Gasteiger partial charge in [0.2, 0.25) is 0 Å². The van der Waals surface area contributed by atoms with Crippen LogP contribution in [0.25, 0.3) is 0 Å². The smallest absolute Gasteiger partial charge is 0.255 e. The van der Waals surface area contributed by atoms with E-state index in [1.54, 1.807) is 59.5 Å². The van der Waals surface area contributed by atoms with Crippen molar-refractivity contribution in [1.82, 2.24) is 4.90 Å².